The van der Waals surface area contributed by atoms with Gasteiger partial charge in [-0.3, -0.25) is 9.48 Å². The molecule has 1 heterocycles. The predicted octanol–water partition coefficient (Wildman–Crippen LogP) is 4.03. The first kappa shape index (κ1) is 14.6. The topological polar surface area (TPSA) is 34.9 Å². The van der Waals surface area contributed by atoms with Gasteiger partial charge >= 0.3 is 0 Å². The number of hydrogen-bond donors (Lipinski definition) is 0. The highest BCUT2D eigenvalue weighted by Gasteiger charge is 2.20. The van der Waals surface area contributed by atoms with Crippen LogP contribution in [0.25, 0.3) is 0 Å². The first-order valence-electron chi connectivity index (χ1n) is 5.75. The molecule has 0 aliphatic heterocycles. The van der Waals surface area contributed by atoms with Crippen molar-refractivity contribution in [2.75, 3.05) is 0 Å². The van der Waals surface area contributed by atoms with E-state index >= 15 is 0 Å². The molecule has 100 valence electrons. The van der Waals surface area contributed by atoms with E-state index in [0.29, 0.717) is 25.8 Å². The van der Waals surface area contributed by atoms with Gasteiger partial charge in [0, 0.05) is 15.7 Å². The van der Waals surface area contributed by atoms with Crippen LogP contribution in [0, 0.1) is 9.39 Å². The van der Waals surface area contributed by atoms with E-state index in [1.165, 1.54) is 18.2 Å². The Balaban J connectivity index is 2.46. The van der Waals surface area contributed by atoms with Gasteiger partial charge in [-0.05, 0) is 63.1 Å². The molecule has 2 rings (SSSR count). The number of carbonyl (C=O) groups is 1. The second-order valence-electron chi connectivity index (χ2n) is 4.02. The lowest BCUT2D eigenvalue weighted by molar-refractivity contribution is 0.102. The number of aromatic nitrogens is 2. The van der Waals surface area contributed by atoms with Crippen molar-refractivity contribution in [3.63, 3.8) is 0 Å². The summed E-state index contributed by atoms with van der Waals surface area (Å²) in [5.74, 6) is -0.496. The van der Waals surface area contributed by atoms with Crippen molar-refractivity contribution in [2.24, 2.45) is 0 Å². The first-order valence-corrected chi connectivity index (χ1v) is 7.62. The molecule has 0 spiro atoms. The summed E-state index contributed by atoms with van der Waals surface area (Å²) in [5.41, 5.74) is 0.993. The van der Waals surface area contributed by atoms with E-state index in [1.54, 1.807) is 10.9 Å². The largest absolute Gasteiger partial charge is 0.287 e. The minimum absolute atomic E-state index is 0.151. The van der Waals surface area contributed by atoms with Crippen LogP contribution in [0.2, 0.25) is 0 Å². The molecule has 0 saturated heterocycles. The van der Waals surface area contributed by atoms with E-state index in [2.05, 4.69) is 21.0 Å². The molecule has 0 atom stereocenters. The maximum Gasteiger partial charge on any atom is 0.213 e. The first-order chi connectivity index (χ1) is 9.04. The number of benzene rings is 1. The Morgan fingerprint density at radius 2 is 2.26 bits per heavy atom. The molecule has 0 fully saturated rings. The molecule has 0 saturated carbocycles. The van der Waals surface area contributed by atoms with Crippen molar-refractivity contribution in [3.05, 3.63) is 49.5 Å². The average Bonchev–Trinajstić information content (AvgIpc) is 2.70. The number of rotatable bonds is 4. The Labute approximate surface area is 132 Å². The molecule has 0 unspecified atom stereocenters. The molecule has 0 bridgehead atoms. The number of carbonyl (C=O) groups excluding carboxylic acids is 1. The maximum absolute atomic E-state index is 13.1. The van der Waals surface area contributed by atoms with Crippen molar-refractivity contribution < 1.29 is 9.18 Å². The number of aryl methyl sites for hydroxylation is 1. The average molecular weight is 437 g/mol. The van der Waals surface area contributed by atoms with Gasteiger partial charge < -0.3 is 0 Å². The molecular formula is C13H11BrFIN2O. The van der Waals surface area contributed by atoms with Gasteiger partial charge in [0.15, 0.2) is 0 Å². The third-order valence-electron chi connectivity index (χ3n) is 2.62. The van der Waals surface area contributed by atoms with Crippen LogP contribution < -0.4 is 0 Å². The second kappa shape index (κ2) is 6.13. The van der Waals surface area contributed by atoms with E-state index in [-0.39, 0.29) is 11.6 Å². The number of hydrogen-bond acceptors (Lipinski definition) is 2. The van der Waals surface area contributed by atoms with Gasteiger partial charge in [-0.15, -0.1) is 0 Å². The van der Waals surface area contributed by atoms with Gasteiger partial charge in [0.25, 0.3) is 0 Å². The Morgan fingerprint density at radius 1 is 1.53 bits per heavy atom. The summed E-state index contributed by atoms with van der Waals surface area (Å²) in [7, 11) is 0. The molecule has 0 N–H and O–H groups in total. The fraction of sp³-hybridized carbons (Fsp3) is 0.231. The van der Waals surface area contributed by atoms with Crippen LogP contribution in [-0.4, -0.2) is 15.6 Å². The van der Waals surface area contributed by atoms with Gasteiger partial charge in [-0.25, -0.2) is 4.39 Å². The third kappa shape index (κ3) is 3.05. The van der Waals surface area contributed by atoms with Crippen molar-refractivity contribution >= 4 is 44.3 Å². The van der Waals surface area contributed by atoms with Gasteiger partial charge in [0.1, 0.15) is 11.5 Å². The fourth-order valence-electron chi connectivity index (χ4n) is 1.77. The Morgan fingerprint density at radius 3 is 2.89 bits per heavy atom. The molecule has 2 aromatic rings. The number of nitrogens with zero attached hydrogens (tertiary/aromatic N) is 2. The van der Waals surface area contributed by atoms with Crippen LogP contribution in [0.1, 0.15) is 29.4 Å². The van der Waals surface area contributed by atoms with Crippen LogP contribution in [0.3, 0.4) is 0 Å². The minimum Gasteiger partial charge on any atom is -0.287 e. The molecule has 6 heteroatoms. The highest BCUT2D eigenvalue weighted by Crippen LogP contribution is 2.23. The van der Waals surface area contributed by atoms with E-state index in [0.717, 1.165) is 6.42 Å². The van der Waals surface area contributed by atoms with Crippen LogP contribution in [-0.2, 0) is 6.54 Å². The van der Waals surface area contributed by atoms with Crippen molar-refractivity contribution in [2.45, 2.75) is 19.9 Å². The summed E-state index contributed by atoms with van der Waals surface area (Å²) in [4.78, 5) is 12.5. The minimum atomic E-state index is -0.345. The van der Waals surface area contributed by atoms with Crippen molar-refractivity contribution in [3.8, 4) is 0 Å². The lowest BCUT2D eigenvalue weighted by atomic mass is 10.1. The molecule has 0 aliphatic rings. The molecule has 0 radical (unpaired) electrons. The van der Waals surface area contributed by atoms with E-state index in [1.807, 2.05) is 29.5 Å². The second-order valence-corrected chi connectivity index (χ2v) is 6.03. The van der Waals surface area contributed by atoms with Crippen LogP contribution in [0.4, 0.5) is 4.39 Å². The zero-order valence-corrected chi connectivity index (χ0v) is 13.9. The predicted molar refractivity (Wildman–Crippen MR) is 82.8 cm³/mol. The normalized spacial score (nSPS) is 10.7. The van der Waals surface area contributed by atoms with Gasteiger partial charge in [0.05, 0.1) is 10.7 Å². The highest BCUT2D eigenvalue weighted by molar-refractivity contribution is 14.1. The van der Waals surface area contributed by atoms with Crippen LogP contribution >= 0.6 is 38.5 Å². The van der Waals surface area contributed by atoms with E-state index in [4.69, 9.17) is 0 Å². The quantitative estimate of drug-likeness (QED) is 0.535. The molecule has 0 amide bonds. The molecule has 1 aromatic carbocycles. The van der Waals surface area contributed by atoms with E-state index < -0.39 is 0 Å². The lowest BCUT2D eigenvalue weighted by Crippen LogP contribution is -2.13. The molecule has 3 nitrogen and oxygen atoms in total. The zero-order chi connectivity index (χ0) is 14.0. The smallest absolute Gasteiger partial charge is 0.213 e. The third-order valence-corrected chi connectivity index (χ3v) is 4.09. The van der Waals surface area contributed by atoms with E-state index in [9.17, 15) is 9.18 Å². The Hall–Kier alpha value is -0.760. The summed E-state index contributed by atoms with van der Waals surface area (Å²) in [6, 6.07) is 4.15. The van der Waals surface area contributed by atoms with Gasteiger partial charge in [-0.2, -0.15) is 5.10 Å². The molecular weight excluding hydrogens is 426 g/mol. The Bertz CT molecular complexity index is 627. The van der Waals surface area contributed by atoms with Crippen LogP contribution in [0.5, 0.6) is 0 Å². The fourth-order valence-corrected chi connectivity index (χ4v) is 2.97. The van der Waals surface area contributed by atoms with Crippen LogP contribution in [0.15, 0.2) is 28.9 Å². The van der Waals surface area contributed by atoms with Crippen molar-refractivity contribution in [1.82, 2.24) is 9.78 Å². The lowest BCUT2D eigenvalue weighted by Gasteiger charge is -2.07. The molecule has 0 aliphatic carbocycles. The Kier molecular flexibility index (Phi) is 4.72. The summed E-state index contributed by atoms with van der Waals surface area (Å²) >= 11 is 5.31. The summed E-state index contributed by atoms with van der Waals surface area (Å²) < 4.78 is 16.0. The highest BCUT2D eigenvalue weighted by atomic mass is 127. The maximum atomic E-state index is 13.1. The monoisotopic (exact) mass is 436 g/mol. The zero-order valence-electron chi connectivity index (χ0n) is 10.2. The number of ketones is 1. The molecule has 19 heavy (non-hydrogen) atoms. The standard InChI is InChI=1S/C13H11BrFIN2O/c1-2-5-18-12(10(14)7-17-18)13(19)9-4-3-8(15)6-11(9)16/h3-4,6-7H,2,5H2,1H3. The molecule has 1 aromatic heterocycles. The summed E-state index contributed by atoms with van der Waals surface area (Å²) in [6.45, 7) is 2.69. The van der Waals surface area contributed by atoms with Crippen molar-refractivity contribution in [1.29, 1.82) is 0 Å². The number of halogens is 3. The summed E-state index contributed by atoms with van der Waals surface area (Å²) in [6.07, 6.45) is 2.49. The SMILES string of the molecule is CCCn1ncc(Br)c1C(=O)c1ccc(F)cc1I. The summed E-state index contributed by atoms with van der Waals surface area (Å²) in [5, 5.41) is 4.17. The van der Waals surface area contributed by atoms with Gasteiger partial charge in [0.2, 0.25) is 5.78 Å². The van der Waals surface area contributed by atoms with Gasteiger partial charge in [-0.1, -0.05) is 6.92 Å².